The molecule has 96 valence electrons. The van der Waals surface area contributed by atoms with E-state index in [2.05, 4.69) is 9.64 Å². The highest BCUT2D eigenvalue weighted by Gasteiger charge is 2.21. The molecule has 0 aliphatic carbocycles. The summed E-state index contributed by atoms with van der Waals surface area (Å²) in [4.78, 5) is 14.6. The van der Waals surface area contributed by atoms with E-state index in [4.69, 9.17) is 0 Å². The van der Waals surface area contributed by atoms with Gasteiger partial charge in [0.1, 0.15) is 5.76 Å². The lowest BCUT2D eigenvalue weighted by atomic mass is 10.1. The van der Waals surface area contributed by atoms with Gasteiger partial charge < -0.3 is 9.64 Å². The number of halogens is 2. The van der Waals surface area contributed by atoms with Crippen LogP contribution in [0, 0.1) is 0 Å². The number of H-pyrrole nitrogens is 1. The molecular weight excluding hydrogens is 251 g/mol. The Morgan fingerprint density at radius 1 is 1.16 bits per heavy atom. The monoisotopic (exact) mass is 261 g/mol. The molecule has 0 spiro atoms. The van der Waals surface area contributed by atoms with Crippen LogP contribution in [0.1, 0.15) is 16.1 Å². The molecule has 2 aromatic rings. The van der Waals surface area contributed by atoms with Gasteiger partial charge in [-0.1, -0.05) is 30.3 Å². The molecular formula is C13H10BF2NO2. The third-order valence-corrected chi connectivity index (χ3v) is 2.40. The van der Waals surface area contributed by atoms with E-state index in [0.29, 0.717) is 11.3 Å². The van der Waals surface area contributed by atoms with Crippen LogP contribution in [-0.4, -0.2) is 18.2 Å². The molecule has 0 fully saturated rings. The van der Waals surface area contributed by atoms with Crippen LogP contribution in [0.2, 0.25) is 0 Å². The topological polar surface area (TPSA) is 42.1 Å². The van der Waals surface area contributed by atoms with Crippen molar-refractivity contribution in [3.8, 4) is 0 Å². The molecule has 0 saturated carbocycles. The Morgan fingerprint density at radius 3 is 2.47 bits per heavy atom. The molecule has 1 N–H and O–H groups in total. The summed E-state index contributed by atoms with van der Waals surface area (Å²) in [6.07, 6.45) is 2.61. The molecule has 0 bridgehead atoms. The zero-order chi connectivity index (χ0) is 13.7. The first-order chi connectivity index (χ1) is 9.16. The molecule has 0 unspecified atom stereocenters. The molecule has 0 saturated heterocycles. The molecule has 19 heavy (non-hydrogen) atoms. The molecule has 0 atom stereocenters. The van der Waals surface area contributed by atoms with E-state index < -0.39 is 13.3 Å². The number of nitrogens with one attached hydrogen (secondary N) is 1. The molecule has 3 nitrogen and oxygen atoms in total. The van der Waals surface area contributed by atoms with Crippen molar-refractivity contribution in [2.75, 3.05) is 0 Å². The quantitative estimate of drug-likeness (QED) is 0.388. The zero-order valence-corrected chi connectivity index (χ0v) is 9.85. The molecule has 0 radical (unpaired) electrons. The van der Waals surface area contributed by atoms with E-state index in [9.17, 15) is 13.4 Å². The molecule has 1 aromatic heterocycles. The highest BCUT2D eigenvalue weighted by atomic mass is 19.2. The number of allylic oxidation sites excluding steroid dienone is 1. The summed E-state index contributed by atoms with van der Waals surface area (Å²) in [5.41, 5.74) is 0.731. The normalized spacial score (nSPS) is 11.2. The van der Waals surface area contributed by atoms with Gasteiger partial charge in [0.25, 0.3) is 0 Å². The maximum Gasteiger partial charge on any atom is 0.796 e. The SMILES string of the molecule is O=C(/C=C(\OB(F)F)c1ccc[nH]1)c1ccccc1. The fraction of sp³-hybridized carbons (Fsp3) is 0. The molecule has 6 heteroatoms. The van der Waals surface area contributed by atoms with Gasteiger partial charge in [-0.15, -0.1) is 0 Å². The Hall–Kier alpha value is -2.37. The fourth-order valence-corrected chi connectivity index (χ4v) is 1.56. The van der Waals surface area contributed by atoms with E-state index in [1.807, 2.05) is 0 Å². The summed E-state index contributed by atoms with van der Waals surface area (Å²) in [5, 5.41) is 0. The van der Waals surface area contributed by atoms with Crippen molar-refractivity contribution in [3.63, 3.8) is 0 Å². The second-order valence-electron chi connectivity index (χ2n) is 3.70. The summed E-state index contributed by atoms with van der Waals surface area (Å²) >= 11 is 0. The van der Waals surface area contributed by atoms with E-state index in [1.54, 1.807) is 48.7 Å². The Bertz CT molecular complexity index is 568. The van der Waals surface area contributed by atoms with E-state index in [1.165, 1.54) is 0 Å². The van der Waals surface area contributed by atoms with Gasteiger partial charge in [0.2, 0.25) is 0 Å². The minimum absolute atomic E-state index is 0.186. The second-order valence-corrected chi connectivity index (χ2v) is 3.70. The number of ketones is 1. The Labute approximate surface area is 109 Å². The standard InChI is InChI=1S/C13H10BF2NO2/c15-14(16)19-13(11-7-4-8-17-11)9-12(18)10-5-2-1-3-6-10/h1-9,17H/b13-9-. The highest BCUT2D eigenvalue weighted by Crippen LogP contribution is 2.17. The predicted octanol–water partition coefficient (Wildman–Crippen LogP) is 3.18. The van der Waals surface area contributed by atoms with Crippen LogP contribution in [-0.2, 0) is 4.65 Å². The minimum Gasteiger partial charge on any atom is -0.503 e. The Kier molecular flexibility index (Phi) is 4.13. The highest BCUT2D eigenvalue weighted by molar-refractivity contribution is 6.36. The largest absolute Gasteiger partial charge is 0.796 e. The smallest absolute Gasteiger partial charge is 0.503 e. The van der Waals surface area contributed by atoms with Gasteiger partial charge in [0.15, 0.2) is 5.78 Å². The van der Waals surface area contributed by atoms with Gasteiger partial charge in [-0.3, -0.25) is 4.79 Å². The van der Waals surface area contributed by atoms with Crippen LogP contribution >= 0.6 is 0 Å². The fourth-order valence-electron chi connectivity index (χ4n) is 1.56. The lowest BCUT2D eigenvalue weighted by Crippen LogP contribution is -2.06. The molecule has 2 rings (SSSR count). The second kappa shape index (κ2) is 5.99. The number of carbonyl (C=O) groups excluding carboxylic acids is 1. The molecule has 0 amide bonds. The van der Waals surface area contributed by atoms with Gasteiger partial charge in [-0.25, -0.2) is 8.63 Å². The van der Waals surface area contributed by atoms with Crippen LogP contribution in [0.3, 0.4) is 0 Å². The molecule has 1 heterocycles. The summed E-state index contributed by atoms with van der Waals surface area (Å²) in [5.74, 6) is -0.584. The summed E-state index contributed by atoms with van der Waals surface area (Å²) in [7, 11) is -2.99. The molecule has 1 aromatic carbocycles. The molecule has 0 aliphatic heterocycles. The number of hydrogen-bond acceptors (Lipinski definition) is 2. The summed E-state index contributed by atoms with van der Waals surface area (Å²) < 4.78 is 29.0. The number of rotatable bonds is 5. The van der Waals surface area contributed by atoms with Crippen LogP contribution in [0.25, 0.3) is 5.76 Å². The predicted molar refractivity (Wildman–Crippen MR) is 68.6 cm³/mol. The van der Waals surface area contributed by atoms with Crippen molar-refractivity contribution >= 4 is 19.0 Å². The zero-order valence-electron chi connectivity index (χ0n) is 9.85. The Balaban J connectivity index is 2.28. The number of benzene rings is 1. The van der Waals surface area contributed by atoms with E-state index in [0.717, 1.165) is 6.08 Å². The van der Waals surface area contributed by atoms with Crippen molar-refractivity contribution in [2.45, 2.75) is 0 Å². The van der Waals surface area contributed by atoms with Crippen molar-refractivity contribution in [2.24, 2.45) is 0 Å². The molecule has 0 aliphatic rings. The van der Waals surface area contributed by atoms with Gasteiger partial charge in [0.05, 0.1) is 5.69 Å². The van der Waals surface area contributed by atoms with Crippen LogP contribution in [0.4, 0.5) is 8.63 Å². The first-order valence-electron chi connectivity index (χ1n) is 5.56. The van der Waals surface area contributed by atoms with Crippen molar-refractivity contribution in [1.82, 2.24) is 4.98 Å². The average molecular weight is 261 g/mol. The maximum absolute atomic E-state index is 12.3. The number of carbonyl (C=O) groups is 1. The van der Waals surface area contributed by atoms with Gasteiger partial charge >= 0.3 is 7.47 Å². The Morgan fingerprint density at radius 2 is 1.89 bits per heavy atom. The first kappa shape index (κ1) is 13.1. The number of aromatic amines is 1. The van der Waals surface area contributed by atoms with E-state index in [-0.39, 0.29) is 5.76 Å². The lowest BCUT2D eigenvalue weighted by Gasteiger charge is -2.06. The summed E-state index contributed by atoms with van der Waals surface area (Å²) in [6, 6.07) is 11.5. The van der Waals surface area contributed by atoms with Gasteiger partial charge in [-0.2, -0.15) is 0 Å². The van der Waals surface area contributed by atoms with Crippen LogP contribution in [0.15, 0.2) is 54.7 Å². The van der Waals surface area contributed by atoms with Gasteiger partial charge in [-0.05, 0) is 12.1 Å². The summed E-state index contributed by atoms with van der Waals surface area (Å²) in [6.45, 7) is 0. The van der Waals surface area contributed by atoms with Crippen molar-refractivity contribution in [1.29, 1.82) is 0 Å². The number of hydrogen-bond donors (Lipinski definition) is 1. The third-order valence-electron chi connectivity index (χ3n) is 2.40. The minimum atomic E-state index is -2.99. The first-order valence-corrected chi connectivity index (χ1v) is 5.56. The third kappa shape index (κ3) is 3.54. The van der Waals surface area contributed by atoms with E-state index >= 15 is 0 Å². The lowest BCUT2D eigenvalue weighted by molar-refractivity contribution is 0.104. The van der Waals surface area contributed by atoms with Gasteiger partial charge in [0, 0.05) is 17.8 Å². The van der Waals surface area contributed by atoms with Crippen LogP contribution < -0.4 is 0 Å². The average Bonchev–Trinajstić information content (AvgIpc) is 2.92. The van der Waals surface area contributed by atoms with Crippen molar-refractivity contribution in [3.05, 3.63) is 66.0 Å². The van der Waals surface area contributed by atoms with Crippen molar-refractivity contribution < 1.29 is 18.1 Å². The number of aromatic nitrogens is 1. The van der Waals surface area contributed by atoms with Crippen LogP contribution in [0.5, 0.6) is 0 Å². The maximum atomic E-state index is 12.3.